The fourth-order valence-corrected chi connectivity index (χ4v) is 5.40. The first-order valence-corrected chi connectivity index (χ1v) is 8.98. The molecule has 112 valence electrons. The molecule has 2 atom stereocenters. The van der Waals surface area contributed by atoms with Crippen molar-refractivity contribution in [1.82, 2.24) is 4.31 Å². The highest BCUT2D eigenvalue weighted by molar-refractivity contribution is 9.10. The van der Waals surface area contributed by atoms with Crippen LogP contribution in [0.2, 0.25) is 0 Å². The molecular weight excluding hydrogens is 342 g/mol. The Balaban J connectivity index is 2.41. The molecule has 1 aliphatic heterocycles. The lowest BCUT2D eigenvalue weighted by atomic mass is 10.0. The third-order valence-electron chi connectivity index (χ3n) is 3.81. The number of nitrogens with zero attached hydrogens (tertiary/aromatic N) is 1. The molecule has 1 fully saturated rings. The van der Waals surface area contributed by atoms with E-state index < -0.39 is 10.0 Å². The molecule has 6 heteroatoms. The van der Waals surface area contributed by atoms with Crippen molar-refractivity contribution in [2.75, 3.05) is 7.11 Å². The molecule has 0 aromatic heterocycles. The molecule has 0 spiro atoms. The van der Waals surface area contributed by atoms with E-state index in [1.165, 1.54) is 0 Å². The van der Waals surface area contributed by atoms with Crippen LogP contribution in [0, 0.1) is 0 Å². The molecule has 0 N–H and O–H groups in total. The first kappa shape index (κ1) is 15.8. The second-order valence-electron chi connectivity index (χ2n) is 5.26. The van der Waals surface area contributed by atoms with Crippen molar-refractivity contribution in [3.05, 3.63) is 22.7 Å². The van der Waals surface area contributed by atoms with Crippen LogP contribution in [0.3, 0.4) is 0 Å². The lowest BCUT2D eigenvalue weighted by molar-refractivity contribution is 0.204. The number of methoxy groups -OCH3 is 1. The van der Waals surface area contributed by atoms with Gasteiger partial charge in [0.2, 0.25) is 10.0 Å². The molecule has 0 aliphatic carbocycles. The molecule has 1 heterocycles. The van der Waals surface area contributed by atoms with Crippen molar-refractivity contribution in [3.63, 3.8) is 0 Å². The lowest BCUT2D eigenvalue weighted by Crippen LogP contribution is -2.47. The molecule has 0 unspecified atom stereocenters. The van der Waals surface area contributed by atoms with Gasteiger partial charge in [-0.15, -0.1) is 0 Å². The number of sulfonamides is 1. The average molecular weight is 362 g/mol. The van der Waals surface area contributed by atoms with Gasteiger partial charge in [-0.3, -0.25) is 0 Å². The van der Waals surface area contributed by atoms with Gasteiger partial charge in [0.15, 0.2) is 0 Å². The maximum atomic E-state index is 12.8. The van der Waals surface area contributed by atoms with Crippen LogP contribution in [-0.2, 0) is 10.0 Å². The van der Waals surface area contributed by atoms with E-state index in [0.29, 0.717) is 15.1 Å². The van der Waals surface area contributed by atoms with E-state index in [4.69, 9.17) is 4.74 Å². The summed E-state index contributed by atoms with van der Waals surface area (Å²) in [7, 11) is -1.90. The molecular formula is C14H20BrNO3S. The van der Waals surface area contributed by atoms with Crippen LogP contribution >= 0.6 is 15.9 Å². The van der Waals surface area contributed by atoms with Gasteiger partial charge in [0.25, 0.3) is 0 Å². The van der Waals surface area contributed by atoms with Crippen molar-refractivity contribution < 1.29 is 13.2 Å². The van der Waals surface area contributed by atoms with Gasteiger partial charge in [-0.25, -0.2) is 8.42 Å². The Morgan fingerprint density at radius 1 is 1.25 bits per heavy atom. The molecule has 20 heavy (non-hydrogen) atoms. The maximum absolute atomic E-state index is 12.8. The zero-order valence-corrected chi connectivity index (χ0v) is 14.4. The van der Waals surface area contributed by atoms with E-state index in [0.717, 1.165) is 19.3 Å². The van der Waals surface area contributed by atoms with Gasteiger partial charge in [0, 0.05) is 12.1 Å². The van der Waals surface area contributed by atoms with Crippen LogP contribution in [0.5, 0.6) is 5.75 Å². The van der Waals surface area contributed by atoms with Crippen LogP contribution in [0.1, 0.15) is 33.1 Å². The topological polar surface area (TPSA) is 46.6 Å². The third kappa shape index (κ3) is 2.87. The number of hydrogen-bond acceptors (Lipinski definition) is 3. The second-order valence-corrected chi connectivity index (χ2v) is 7.96. The zero-order chi connectivity index (χ0) is 14.9. The largest absolute Gasteiger partial charge is 0.496 e. The highest BCUT2D eigenvalue weighted by Crippen LogP contribution is 2.33. The molecule has 1 saturated heterocycles. The fraction of sp³-hybridized carbons (Fsp3) is 0.571. The second kappa shape index (κ2) is 6.03. The zero-order valence-electron chi connectivity index (χ0n) is 12.0. The predicted molar refractivity (Wildman–Crippen MR) is 82.5 cm³/mol. The Hall–Kier alpha value is -0.590. The summed E-state index contributed by atoms with van der Waals surface area (Å²) in [4.78, 5) is 0.311. The molecule has 0 radical (unpaired) electrons. The predicted octanol–water partition coefficient (Wildman–Crippen LogP) is 3.41. The number of piperidine rings is 1. The Kier molecular flexibility index (Phi) is 4.76. The molecule has 1 aliphatic rings. The summed E-state index contributed by atoms with van der Waals surface area (Å²) < 4.78 is 33.1. The standard InChI is InChI=1S/C14H20BrNO3S/c1-10-5-4-6-11(2)16(10)20(17,18)12-7-8-14(19-3)13(15)9-12/h7-11H,4-6H2,1-3H3/t10-,11+. The summed E-state index contributed by atoms with van der Waals surface area (Å²) >= 11 is 3.35. The number of halogens is 1. The summed E-state index contributed by atoms with van der Waals surface area (Å²) in [6.07, 6.45) is 2.92. The fourth-order valence-electron chi connectivity index (χ4n) is 2.80. The maximum Gasteiger partial charge on any atom is 0.243 e. The minimum absolute atomic E-state index is 0.0460. The molecule has 1 aromatic rings. The number of benzene rings is 1. The first-order valence-electron chi connectivity index (χ1n) is 6.75. The summed E-state index contributed by atoms with van der Waals surface area (Å²) in [5.41, 5.74) is 0. The van der Waals surface area contributed by atoms with Crippen LogP contribution in [0.15, 0.2) is 27.6 Å². The highest BCUT2D eigenvalue weighted by atomic mass is 79.9. The van der Waals surface area contributed by atoms with Gasteiger partial charge in [-0.2, -0.15) is 4.31 Å². The van der Waals surface area contributed by atoms with Crippen molar-refractivity contribution in [2.45, 2.75) is 50.1 Å². The number of ether oxygens (including phenoxy) is 1. The smallest absolute Gasteiger partial charge is 0.243 e. The van der Waals surface area contributed by atoms with E-state index in [-0.39, 0.29) is 12.1 Å². The highest BCUT2D eigenvalue weighted by Gasteiger charge is 2.35. The first-order chi connectivity index (χ1) is 9.37. The summed E-state index contributed by atoms with van der Waals surface area (Å²) in [6.45, 7) is 3.96. The molecule has 2 rings (SSSR count). The van der Waals surface area contributed by atoms with Gasteiger partial charge in [0.1, 0.15) is 5.75 Å². The van der Waals surface area contributed by atoms with E-state index >= 15 is 0 Å². The molecule has 0 bridgehead atoms. The summed E-state index contributed by atoms with van der Waals surface area (Å²) in [6, 6.07) is 4.99. The third-order valence-corrected chi connectivity index (χ3v) is 6.56. The van der Waals surface area contributed by atoms with Crippen LogP contribution in [0.4, 0.5) is 0 Å². The normalized spacial score (nSPS) is 24.6. The Morgan fingerprint density at radius 3 is 2.35 bits per heavy atom. The Morgan fingerprint density at radius 2 is 1.85 bits per heavy atom. The van der Waals surface area contributed by atoms with Crippen molar-refractivity contribution in [3.8, 4) is 5.75 Å². The van der Waals surface area contributed by atoms with Gasteiger partial charge in [-0.1, -0.05) is 6.42 Å². The van der Waals surface area contributed by atoms with E-state index in [1.807, 2.05) is 13.8 Å². The summed E-state index contributed by atoms with van der Waals surface area (Å²) in [5, 5.41) is 0. The molecule has 1 aromatic carbocycles. The van der Waals surface area contributed by atoms with Crippen molar-refractivity contribution >= 4 is 26.0 Å². The Bertz CT molecular complexity index is 578. The number of hydrogen-bond donors (Lipinski definition) is 0. The van der Waals surface area contributed by atoms with E-state index in [1.54, 1.807) is 29.6 Å². The van der Waals surface area contributed by atoms with Crippen molar-refractivity contribution in [1.29, 1.82) is 0 Å². The SMILES string of the molecule is COc1ccc(S(=O)(=O)N2[C@H](C)CCC[C@@H]2C)cc1Br. The van der Waals surface area contributed by atoms with Crippen molar-refractivity contribution in [2.24, 2.45) is 0 Å². The molecule has 4 nitrogen and oxygen atoms in total. The Labute approximate surface area is 129 Å². The number of rotatable bonds is 3. The van der Waals surface area contributed by atoms with E-state index in [9.17, 15) is 8.42 Å². The average Bonchev–Trinajstić information content (AvgIpc) is 2.38. The van der Waals surface area contributed by atoms with Crippen LogP contribution in [0.25, 0.3) is 0 Å². The van der Waals surface area contributed by atoms with Crippen LogP contribution in [-0.4, -0.2) is 31.9 Å². The van der Waals surface area contributed by atoms with Gasteiger partial charge >= 0.3 is 0 Å². The minimum atomic E-state index is -3.46. The monoisotopic (exact) mass is 361 g/mol. The molecule has 0 saturated carbocycles. The van der Waals surface area contributed by atoms with Gasteiger partial charge in [0.05, 0.1) is 16.5 Å². The molecule has 0 amide bonds. The quantitative estimate of drug-likeness (QED) is 0.828. The summed E-state index contributed by atoms with van der Waals surface area (Å²) in [5.74, 6) is 0.628. The van der Waals surface area contributed by atoms with Crippen LogP contribution < -0.4 is 4.74 Å². The minimum Gasteiger partial charge on any atom is -0.496 e. The van der Waals surface area contributed by atoms with Gasteiger partial charge < -0.3 is 4.74 Å². The van der Waals surface area contributed by atoms with E-state index in [2.05, 4.69) is 15.9 Å². The van der Waals surface area contributed by atoms with Gasteiger partial charge in [-0.05, 0) is 60.8 Å². The lowest BCUT2D eigenvalue weighted by Gasteiger charge is -2.37.